The normalized spacial score (nSPS) is 11.0. The maximum atomic E-state index is 5.26. The molecular formula is C24H24O. The van der Waals surface area contributed by atoms with Crippen LogP contribution in [0.2, 0.25) is 0 Å². The second-order valence-electron chi connectivity index (χ2n) is 6.26. The van der Waals surface area contributed by atoms with E-state index in [9.17, 15) is 0 Å². The van der Waals surface area contributed by atoms with Crippen LogP contribution in [0.15, 0.2) is 66.7 Å². The van der Waals surface area contributed by atoms with Crippen molar-refractivity contribution >= 4 is 6.08 Å². The average molecular weight is 328 g/mol. The molecule has 3 aromatic rings. The van der Waals surface area contributed by atoms with E-state index in [4.69, 9.17) is 4.74 Å². The van der Waals surface area contributed by atoms with Crippen LogP contribution in [-0.2, 0) is 0 Å². The Bertz CT molecular complexity index is 885. The minimum Gasteiger partial charge on any atom is -0.497 e. The first-order chi connectivity index (χ1) is 12.1. The van der Waals surface area contributed by atoms with Crippen molar-refractivity contribution in [1.29, 1.82) is 0 Å². The fourth-order valence-corrected chi connectivity index (χ4v) is 3.18. The smallest absolute Gasteiger partial charge is 0.118 e. The van der Waals surface area contributed by atoms with Gasteiger partial charge in [-0.1, -0.05) is 60.7 Å². The van der Waals surface area contributed by atoms with E-state index in [-0.39, 0.29) is 0 Å². The SMILES string of the molecule is C/C=C/c1ccc(-c2ccc(-c3ccc(OC)cc3)c(C)c2C)cc1. The van der Waals surface area contributed by atoms with Gasteiger partial charge in [0.2, 0.25) is 0 Å². The van der Waals surface area contributed by atoms with Gasteiger partial charge in [-0.05, 0) is 71.8 Å². The molecule has 0 radical (unpaired) electrons. The molecule has 0 unspecified atom stereocenters. The van der Waals surface area contributed by atoms with Gasteiger partial charge < -0.3 is 4.74 Å². The highest BCUT2D eigenvalue weighted by molar-refractivity contribution is 5.77. The Morgan fingerprint density at radius 3 is 1.60 bits per heavy atom. The molecule has 0 bridgehead atoms. The first-order valence-corrected chi connectivity index (χ1v) is 8.62. The van der Waals surface area contributed by atoms with Crippen molar-refractivity contribution in [1.82, 2.24) is 0 Å². The molecule has 0 aromatic heterocycles. The summed E-state index contributed by atoms with van der Waals surface area (Å²) < 4.78 is 5.26. The molecule has 0 fully saturated rings. The molecule has 0 aliphatic carbocycles. The molecule has 3 rings (SSSR count). The zero-order valence-corrected chi connectivity index (χ0v) is 15.3. The zero-order valence-electron chi connectivity index (χ0n) is 15.3. The molecule has 0 spiro atoms. The van der Waals surface area contributed by atoms with E-state index in [1.54, 1.807) is 7.11 Å². The van der Waals surface area contributed by atoms with Crippen LogP contribution in [0.25, 0.3) is 28.3 Å². The van der Waals surface area contributed by atoms with E-state index in [0.29, 0.717) is 0 Å². The third-order valence-electron chi connectivity index (χ3n) is 4.77. The van der Waals surface area contributed by atoms with Crippen LogP contribution in [0.4, 0.5) is 0 Å². The summed E-state index contributed by atoms with van der Waals surface area (Å²) in [7, 11) is 1.70. The van der Waals surface area contributed by atoms with Gasteiger partial charge in [0.25, 0.3) is 0 Å². The van der Waals surface area contributed by atoms with Gasteiger partial charge in [-0.25, -0.2) is 0 Å². The second kappa shape index (κ2) is 7.40. The summed E-state index contributed by atoms with van der Waals surface area (Å²) in [4.78, 5) is 0. The van der Waals surface area contributed by atoms with Gasteiger partial charge in [0.05, 0.1) is 7.11 Å². The molecule has 25 heavy (non-hydrogen) atoms. The van der Waals surface area contributed by atoms with Crippen LogP contribution >= 0.6 is 0 Å². The number of methoxy groups -OCH3 is 1. The summed E-state index contributed by atoms with van der Waals surface area (Å²) in [6.07, 6.45) is 4.18. The van der Waals surface area contributed by atoms with Crippen molar-refractivity contribution in [3.8, 4) is 28.0 Å². The molecule has 0 amide bonds. The molecule has 0 atom stereocenters. The number of ether oxygens (including phenoxy) is 1. The minimum absolute atomic E-state index is 0.885. The van der Waals surface area contributed by atoms with Gasteiger partial charge >= 0.3 is 0 Å². The van der Waals surface area contributed by atoms with Gasteiger partial charge in [-0.15, -0.1) is 0 Å². The van der Waals surface area contributed by atoms with E-state index in [1.165, 1.54) is 38.9 Å². The number of hydrogen-bond donors (Lipinski definition) is 0. The summed E-state index contributed by atoms with van der Waals surface area (Å²) in [6, 6.07) is 21.4. The summed E-state index contributed by atoms with van der Waals surface area (Å²) >= 11 is 0. The molecule has 0 saturated carbocycles. The number of hydrogen-bond acceptors (Lipinski definition) is 1. The molecule has 1 heteroatoms. The first kappa shape index (κ1) is 17.0. The predicted molar refractivity (Wildman–Crippen MR) is 108 cm³/mol. The number of rotatable bonds is 4. The molecule has 0 heterocycles. The quantitative estimate of drug-likeness (QED) is 0.519. The molecule has 1 nitrogen and oxygen atoms in total. The van der Waals surface area contributed by atoms with Gasteiger partial charge in [0, 0.05) is 0 Å². The van der Waals surface area contributed by atoms with Gasteiger partial charge in [0.1, 0.15) is 5.75 Å². The van der Waals surface area contributed by atoms with Gasteiger partial charge in [-0.2, -0.15) is 0 Å². The van der Waals surface area contributed by atoms with E-state index >= 15 is 0 Å². The van der Waals surface area contributed by atoms with Crippen molar-refractivity contribution in [2.45, 2.75) is 20.8 Å². The largest absolute Gasteiger partial charge is 0.497 e. The highest BCUT2D eigenvalue weighted by Gasteiger charge is 2.10. The second-order valence-corrected chi connectivity index (χ2v) is 6.26. The monoisotopic (exact) mass is 328 g/mol. The summed E-state index contributed by atoms with van der Waals surface area (Å²) in [5.41, 5.74) is 8.92. The van der Waals surface area contributed by atoms with Crippen LogP contribution in [-0.4, -0.2) is 7.11 Å². The molecule has 0 saturated heterocycles. The Labute approximate surface area is 150 Å². The third kappa shape index (κ3) is 3.51. The lowest BCUT2D eigenvalue weighted by Crippen LogP contribution is -1.92. The molecule has 0 aliphatic rings. The Balaban J connectivity index is 1.99. The molecular weight excluding hydrogens is 304 g/mol. The fraction of sp³-hybridized carbons (Fsp3) is 0.167. The van der Waals surface area contributed by atoms with Crippen molar-refractivity contribution in [3.63, 3.8) is 0 Å². The number of benzene rings is 3. The lowest BCUT2D eigenvalue weighted by atomic mass is 9.90. The third-order valence-corrected chi connectivity index (χ3v) is 4.77. The standard InChI is InChI=1S/C24H24O/c1-5-6-19-7-9-20(10-8-19)23-15-16-24(18(3)17(23)2)21-11-13-22(25-4)14-12-21/h5-16H,1-4H3/b6-5+. The predicted octanol–water partition coefficient (Wildman–Crippen LogP) is 6.68. The molecule has 0 aliphatic heterocycles. The summed E-state index contributed by atoms with van der Waals surface area (Å²) in [5.74, 6) is 0.885. The van der Waals surface area contributed by atoms with E-state index in [2.05, 4.69) is 74.5 Å². The van der Waals surface area contributed by atoms with Crippen molar-refractivity contribution in [2.75, 3.05) is 7.11 Å². The van der Waals surface area contributed by atoms with E-state index < -0.39 is 0 Å². The number of allylic oxidation sites excluding steroid dienone is 1. The highest BCUT2D eigenvalue weighted by atomic mass is 16.5. The van der Waals surface area contributed by atoms with Crippen molar-refractivity contribution in [3.05, 3.63) is 83.4 Å². The van der Waals surface area contributed by atoms with Crippen LogP contribution < -0.4 is 4.74 Å². The molecule has 126 valence electrons. The Kier molecular flexibility index (Phi) is 5.04. The Morgan fingerprint density at radius 2 is 1.16 bits per heavy atom. The molecule has 0 N–H and O–H groups in total. The zero-order chi connectivity index (χ0) is 17.8. The fourth-order valence-electron chi connectivity index (χ4n) is 3.18. The van der Waals surface area contributed by atoms with Gasteiger partial charge in [0.15, 0.2) is 0 Å². The van der Waals surface area contributed by atoms with E-state index in [0.717, 1.165) is 5.75 Å². The van der Waals surface area contributed by atoms with Crippen LogP contribution in [0.1, 0.15) is 23.6 Å². The lowest BCUT2D eigenvalue weighted by molar-refractivity contribution is 0.415. The van der Waals surface area contributed by atoms with E-state index in [1.807, 2.05) is 19.1 Å². The van der Waals surface area contributed by atoms with Gasteiger partial charge in [-0.3, -0.25) is 0 Å². The maximum Gasteiger partial charge on any atom is 0.118 e. The summed E-state index contributed by atoms with van der Waals surface area (Å²) in [5, 5.41) is 0. The average Bonchev–Trinajstić information content (AvgIpc) is 2.65. The van der Waals surface area contributed by atoms with Crippen LogP contribution in [0, 0.1) is 13.8 Å². The Morgan fingerprint density at radius 1 is 0.680 bits per heavy atom. The van der Waals surface area contributed by atoms with Crippen molar-refractivity contribution < 1.29 is 4.74 Å². The van der Waals surface area contributed by atoms with Crippen LogP contribution in [0.3, 0.4) is 0 Å². The topological polar surface area (TPSA) is 9.23 Å². The lowest BCUT2D eigenvalue weighted by Gasteiger charge is -2.14. The highest BCUT2D eigenvalue weighted by Crippen LogP contribution is 2.33. The van der Waals surface area contributed by atoms with Crippen LogP contribution in [0.5, 0.6) is 5.75 Å². The Hall–Kier alpha value is -2.80. The first-order valence-electron chi connectivity index (χ1n) is 8.62. The summed E-state index contributed by atoms with van der Waals surface area (Å²) in [6.45, 7) is 6.45. The minimum atomic E-state index is 0.885. The maximum absolute atomic E-state index is 5.26. The van der Waals surface area contributed by atoms with Crippen molar-refractivity contribution in [2.24, 2.45) is 0 Å². The molecule has 3 aromatic carbocycles.